The standard InChI is InChI=1S/C12H24/c1-8(2)6-7-9(3)12-10(4)11(12)5/h8-12H,6-7H2,1-5H3. The SMILES string of the molecule is CC(C)CCC(C)C1C(C)C1C. The molecular formula is C12H24. The Morgan fingerprint density at radius 2 is 1.42 bits per heavy atom. The van der Waals surface area contributed by atoms with E-state index in [1.54, 1.807) is 0 Å². The van der Waals surface area contributed by atoms with Crippen LogP contribution in [0.25, 0.3) is 0 Å². The van der Waals surface area contributed by atoms with Crippen LogP contribution in [0.5, 0.6) is 0 Å². The van der Waals surface area contributed by atoms with E-state index in [2.05, 4.69) is 34.6 Å². The Kier molecular flexibility index (Phi) is 3.20. The lowest BCUT2D eigenvalue weighted by atomic mass is 9.94. The fourth-order valence-corrected chi connectivity index (χ4v) is 2.53. The molecule has 0 saturated heterocycles. The fourth-order valence-electron chi connectivity index (χ4n) is 2.53. The monoisotopic (exact) mass is 168 g/mol. The highest BCUT2D eigenvalue weighted by Crippen LogP contribution is 2.51. The van der Waals surface area contributed by atoms with Crippen LogP contribution in [-0.2, 0) is 0 Å². The highest BCUT2D eigenvalue weighted by molar-refractivity contribution is 4.93. The van der Waals surface area contributed by atoms with Crippen LogP contribution in [0.15, 0.2) is 0 Å². The first-order valence-electron chi connectivity index (χ1n) is 5.54. The van der Waals surface area contributed by atoms with Gasteiger partial charge in [0.2, 0.25) is 0 Å². The summed E-state index contributed by atoms with van der Waals surface area (Å²) in [6, 6.07) is 0. The Bertz CT molecular complexity index is 129. The third kappa shape index (κ3) is 2.24. The summed E-state index contributed by atoms with van der Waals surface area (Å²) in [5.74, 6) is 4.91. The molecule has 0 radical (unpaired) electrons. The molecular weight excluding hydrogens is 144 g/mol. The van der Waals surface area contributed by atoms with Crippen molar-refractivity contribution in [2.24, 2.45) is 29.6 Å². The van der Waals surface area contributed by atoms with E-state index in [0.29, 0.717) is 0 Å². The van der Waals surface area contributed by atoms with Gasteiger partial charge < -0.3 is 0 Å². The summed E-state index contributed by atoms with van der Waals surface area (Å²) in [4.78, 5) is 0. The molecule has 0 aromatic carbocycles. The van der Waals surface area contributed by atoms with Crippen molar-refractivity contribution in [1.82, 2.24) is 0 Å². The van der Waals surface area contributed by atoms with Gasteiger partial charge in [-0.15, -0.1) is 0 Å². The summed E-state index contributed by atoms with van der Waals surface area (Å²) in [5, 5.41) is 0. The summed E-state index contributed by atoms with van der Waals surface area (Å²) >= 11 is 0. The molecule has 0 bridgehead atoms. The van der Waals surface area contributed by atoms with E-state index >= 15 is 0 Å². The minimum absolute atomic E-state index is 0.886. The van der Waals surface area contributed by atoms with E-state index in [1.807, 2.05) is 0 Å². The molecule has 1 rings (SSSR count). The highest BCUT2D eigenvalue weighted by Gasteiger charge is 2.45. The maximum absolute atomic E-state index is 2.44. The topological polar surface area (TPSA) is 0 Å². The first-order valence-corrected chi connectivity index (χ1v) is 5.54. The van der Waals surface area contributed by atoms with Crippen LogP contribution < -0.4 is 0 Å². The summed E-state index contributed by atoms with van der Waals surface area (Å²) in [5.41, 5.74) is 0. The average Bonchev–Trinajstić information content (AvgIpc) is 2.56. The number of hydrogen-bond donors (Lipinski definition) is 0. The van der Waals surface area contributed by atoms with Crippen molar-refractivity contribution in [3.8, 4) is 0 Å². The highest BCUT2D eigenvalue weighted by atomic mass is 14.5. The zero-order chi connectivity index (χ0) is 9.30. The fraction of sp³-hybridized carbons (Fsp3) is 1.00. The lowest BCUT2D eigenvalue weighted by Gasteiger charge is -2.12. The van der Waals surface area contributed by atoms with Gasteiger partial charge in [-0.1, -0.05) is 47.5 Å². The van der Waals surface area contributed by atoms with Crippen molar-refractivity contribution in [1.29, 1.82) is 0 Å². The maximum Gasteiger partial charge on any atom is -0.0332 e. The molecule has 72 valence electrons. The summed E-state index contributed by atoms with van der Waals surface area (Å²) in [7, 11) is 0. The average molecular weight is 168 g/mol. The Labute approximate surface area is 77.7 Å². The van der Waals surface area contributed by atoms with Crippen LogP contribution in [0.3, 0.4) is 0 Å². The van der Waals surface area contributed by atoms with Crippen LogP contribution in [0.4, 0.5) is 0 Å². The Hall–Kier alpha value is 0. The van der Waals surface area contributed by atoms with E-state index in [9.17, 15) is 0 Å². The van der Waals surface area contributed by atoms with Crippen LogP contribution in [0, 0.1) is 29.6 Å². The minimum Gasteiger partial charge on any atom is -0.0628 e. The number of rotatable bonds is 4. The predicted molar refractivity (Wildman–Crippen MR) is 55.1 cm³/mol. The van der Waals surface area contributed by atoms with Crippen molar-refractivity contribution in [3.63, 3.8) is 0 Å². The van der Waals surface area contributed by atoms with Gasteiger partial charge in [-0.3, -0.25) is 0 Å². The first-order chi connectivity index (χ1) is 5.54. The van der Waals surface area contributed by atoms with Gasteiger partial charge in [0.15, 0.2) is 0 Å². The third-order valence-electron chi connectivity index (χ3n) is 3.76. The van der Waals surface area contributed by atoms with Crippen LogP contribution >= 0.6 is 0 Å². The van der Waals surface area contributed by atoms with Gasteiger partial charge in [-0.2, -0.15) is 0 Å². The van der Waals surface area contributed by atoms with Crippen LogP contribution in [-0.4, -0.2) is 0 Å². The Balaban J connectivity index is 2.17. The molecule has 0 heterocycles. The van der Waals surface area contributed by atoms with E-state index in [-0.39, 0.29) is 0 Å². The molecule has 1 saturated carbocycles. The molecule has 0 heteroatoms. The molecule has 3 atom stereocenters. The van der Waals surface area contributed by atoms with Gasteiger partial charge in [0.05, 0.1) is 0 Å². The number of hydrogen-bond acceptors (Lipinski definition) is 0. The molecule has 12 heavy (non-hydrogen) atoms. The largest absolute Gasteiger partial charge is 0.0628 e. The van der Waals surface area contributed by atoms with E-state index in [1.165, 1.54) is 12.8 Å². The van der Waals surface area contributed by atoms with Crippen molar-refractivity contribution < 1.29 is 0 Å². The van der Waals surface area contributed by atoms with Crippen molar-refractivity contribution >= 4 is 0 Å². The molecule has 0 spiro atoms. The Morgan fingerprint density at radius 1 is 0.917 bits per heavy atom. The maximum atomic E-state index is 2.44. The summed E-state index contributed by atoms with van der Waals surface area (Å²) in [6.45, 7) is 11.9. The third-order valence-corrected chi connectivity index (χ3v) is 3.76. The molecule has 0 aliphatic heterocycles. The van der Waals surface area contributed by atoms with Gasteiger partial charge in [-0.25, -0.2) is 0 Å². The van der Waals surface area contributed by atoms with E-state index in [0.717, 1.165) is 29.6 Å². The smallest absolute Gasteiger partial charge is 0.0332 e. The lowest BCUT2D eigenvalue weighted by Crippen LogP contribution is -2.01. The zero-order valence-electron chi connectivity index (χ0n) is 9.30. The quantitative estimate of drug-likeness (QED) is 0.596. The van der Waals surface area contributed by atoms with Crippen molar-refractivity contribution in [2.45, 2.75) is 47.5 Å². The second-order valence-electron chi connectivity index (χ2n) is 5.24. The van der Waals surface area contributed by atoms with Gasteiger partial charge >= 0.3 is 0 Å². The molecule has 1 aliphatic rings. The predicted octanol–water partition coefficient (Wildman–Crippen LogP) is 3.96. The van der Waals surface area contributed by atoms with Gasteiger partial charge in [0, 0.05) is 0 Å². The first kappa shape index (κ1) is 10.1. The second-order valence-corrected chi connectivity index (χ2v) is 5.24. The molecule has 0 nitrogen and oxygen atoms in total. The van der Waals surface area contributed by atoms with E-state index < -0.39 is 0 Å². The minimum atomic E-state index is 0.886. The molecule has 0 N–H and O–H groups in total. The molecule has 1 aliphatic carbocycles. The summed E-state index contributed by atoms with van der Waals surface area (Å²) < 4.78 is 0. The molecule has 0 amide bonds. The van der Waals surface area contributed by atoms with Crippen molar-refractivity contribution in [3.05, 3.63) is 0 Å². The van der Waals surface area contributed by atoms with E-state index in [4.69, 9.17) is 0 Å². The van der Waals surface area contributed by atoms with Crippen molar-refractivity contribution in [2.75, 3.05) is 0 Å². The summed E-state index contributed by atoms with van der Waals surface area (Å²) in [6.07, 6.45) is 2.86. The Morgan fingerprint density at radius 3 is 1.75 bits per heavy atom. The van der Waals surface area contributed by atoms with Gasteiger partial charge in [-0.05, 0) is 29.6 Å². The molecule has 0 aromatic heterocycles. The van der Waals surface area contributed by atoms with Gasteiger partial charge in [0.1, 0.15) is 0 Å². The lowest BCUT2D eigenvalue weighted by molar-refractivity contribution is 0.391. The molecule has 0 aromatic rings. The normalized spacial score (nSPS) is 37.0. The van der Waals surface area contributed by atoms with Crippen LogP contribution in [0.1, 0.15) is 47.5 Å². The molecule has 1 fully saturated rings. The second kappa shape index (κ2) is 3.81. The van der Waals surface area contributed by atoms with Gasteiger partial charge in [0.25, 0.3) is 0 Å². The van der Waals surface area contributed by atoms with Crippen LogP contribution in [0.2, 0.25) is 0 Å². The zero-order valence-corrected chi connectivity index (χ0v) is 9.30. The molecule has 3 unspecified atom stereocenters.